The SMILES string of the molecule is CCS[C@@H]1CCCC[C@H]1NCc1noc(C2CC2)n1. The zero-order chi connectivity index (χ0) is 13.1. The lowest BCUT2D eigenvalue weighted by Gasteiger charge is -2.31. The van der Waals surface area contributed by atoms with Crippen LogP contribution in [-0.4, -0.2) is 27.2 Å². The lowest BCUT2D eigenvalue weighted by atomic mass is 9.95. The Morgan fingerprint density at radius 3 is 2.89 bits per heavy atom. The maximum atomic E-state index is 5.30. The van der Waals surface area contributed by atoms with E-state index < -0.39 is 0 Å². The van der Waals surface area contributed by atoms with Crippen LogP contribution in [-0.2, 0) is 6.54 Å². The van der Waals surface area contributed by atoms with E-state index in [9.17, 15) is 0 Å². The monoisotopic (exact) mass is 281 g/mol. The normalized spacial score (nSPS) is 27.6. The minimum absolute atomic E-state index is 0.555. The lowest BCUT2D eigenvalue weighted by Crippen LogP contribution is -2.40. The molecule has 4 nitrogen and oxygen atoms in total. The van der Waals surface area contributed by atoms with Gasteiger partial charge in [-0.1, -0.05) is 24.9 Å². The summed E-state index contributed by atoms with van der Waals surface area (Å²) in [5.41, 5.74) is 0. The molecule has 0 aromatic carbocycles. The molecule has 5 heteroatoms. The minimum Gasteiger partial charge on any atom is -0.339 e. The molecule has 0 spiro atoms. The van der Waals surface area contributed by atoms with Gasteiger partial charge in [-0.15, -0.1) is 0 Å². The van der Waals surface area contributed by atoms with E-state index in [2.05, 4.69) is 34.1 Å². The van der Waals surface area contributed by atoms with Gasteiger partial charge in [-0.2, -0.15) is 16.7 Å². The smallest absolute Gasteiger partial charge is 0.229 e. The zero-order valence-electron chi connectivity index (χ0n) is 11.6. The molecule has 0 bridgehead atoms. The second kappa shape index (κ2) is 6.27. The van der Waals surface area contributed by atoms with Crippen LogP contribution in [0.15, 0.2) is 4.52 Å². The Labute approximate surface area is 119 Å². The Hall–Kier alpha value is -0.550. The molecule has 0 radical (unpaired) electrons. The van der Waals surface area contributed by atoms with Crippen LogP contribution in [0.4, 0.5) is 0 Å². The predicted octanol–water partition coefficient (Wildman–Crippen LogP) is 3.10. The molecule has 19 heavy (non-hydrogen) atoms. The molecule has 1 heterocycles. The largest absolute Gasteiger partial charge is 0.339 e. The van der Waals surface area contributed by atoms with E-state index in [1.54, 1.807) is 0 Å². The third kappa shape index (κ3) is 3.51. The van der Waals surface area contributed by atoms with E-state index in [-0.39, 0.29) is 0 Å². The van der Waals surface area contributed by atoms with Crippen LogP contribution in [0.1, 0.15) is 63.1 Å². The molecule has 0 unspecified atom stereocenters. The Bertz CT molecular complexity index is 403. The van der Waals surface area contributed by atoms with Crippen molar-refractivity contribution in [3.05, 3.63) is 11.7 Å². The van der Waals surface area contributed by atoms with Crippen molar-refractivity contribution in [3.8, 4) is 0 Å². The molecular formula is C14H23N3OS. The molecule has 0 amide bonds. The molecule has 1 aromatic heterocycles. The summed E-state index contributed by atoms with van der Waals surface area (Å²) in [4.78, 5) is 4.48. The third-order valence-corrected chi connectivity index (χ3v) is 5.34. The Balaban J connectivity index is 1.51. The van der Waals surface area contributed by atoms with Crippen LogP contribution in [0, 0.1) is 0 Å². The fourth-order valence-electron chi connectivity index (χ4n) is 2.80. The van der Waals surface area contributed by atoms with Crippen LogP contribution in [0.3, 0.4) is 0 Å². The van der Waals surface area contributed by atoms with Gasteiger partial charge in [0.05, 0.1) is 6.54 Å². The summed E-state index contributed by atoms with van der Waals surface area (Å²) in [6, 6.07) is 0.613. The minimum atomic E-state index is 0.555. The van der Waals surface area contributed by atoms with Gasteiger partial charge in [0, 0.05) is 17.2 Å². The van der Waals surface area contributed by atoms with Crippen LogP contribution in [0.25, 0.3) is 0 Å². The van der Waals surface area contributed by atoms with Crippen LogP contribution < -0.4 is 5.32 Å². The van der Waals surface area contributed by atoms with Crippen molar-refractivity contribution < 1.29 is 4.52 Å². The second-order valence-corrected chi connectivity index (χ2v) is 7.10. The highest BCUT2D eigenvalue weighted by Gasteiger charge is 2.30. The number of nitrogens with zero attached hydrogens (tertiary/aromatic N) is 2. The molecule has 2 aliphatic carbocycles. The topological polar surface area (TPSA) is 51.0 Å². The van der Waals surface area contributed by atoms with Gasteiger partial charge in [-0.05, 0) is 31.4 Å². The summed E-state index contributed by atoms with van der Waals surface area (Å²) >= 11 is 2.09. The first-order valence-corrected chi connectivity index (χ1v) is 8.59. The molecule has 1 N–H and O–H groups in total. The molecule has 106 valence electrons. The van der Waals surface area contributed by atoms with Gasteiger partial charge in [0.15, 0.2) is 5.82 Å². The van der Waals surface area contributed by atoms with Crippen LogP contribution >= 0.6 is 11.8 Å². The maximum Gasteiger partial charge on any atom is 0.229 e. The average molecular weight is 281 g/mol. The Morgan fingerprint density at radius 1 is 1.26 bits per heavy atom. The summed E-state index contributed by atoms with van der Waals surface area (Å²) in [6.07, 6.45) is 7.78. The molecule has 2 fully saturated rings. The second-order valence-electron chi connectivity index (χ2n) is 5.59. The number of hydrogen-bond acceptors (Lipinski definition) is 5. The molecule has 2 aliphatic rings. The number of rotatable bonds is 6. The fourth-order valence-corrected chi connectivity index (χ4v) is 4.03. The highest BCUT2D eigenvalue weighted by molar-refractivity contribution is 7.99. The van der Waals surface area contributed by atoms with Gasteiger partial charge in [0.1, 0.15) is 0 Å². The van der Waals surface area contributed by atoms with Crippen molar-refractivity contribution in [2.75, 3.05) is 5.75 Å². The summed E-state index contributed by atoms with van der Waals surface area (Å²) in [6.45, 7) is 3.00. The number of nitrogens with one attached hydrogen (secondary N) is 1. The molecule has 3 rings (SSSR count). The number of hydrogen-bond donors (Lipinski definition) is 1. The van der Waals surface area contributed by atoms with E-state index in [1.165, 1.54) is 44.3 Å². The van der Waals surface area contributed by atoms with E-state index in [0.29, 0.717) is 12.0 Å². The average Bonchev–Trinajstić information content (AvgIpc) is 3.18. The van der Waals surface area contributed by atoms with Crippen LogP contribution in [0.5, 0.6) is 0 Å². The van der Waals surface area contributed by atoms with Gasteiger partial charge < -0.3 is 9.84 Å². The summed E-state index contributed by atoms with van der Waals surface area (Å²) < 4.78 is 5.30. The highest BCUT2D eigenvalue weighted by Crippen LogP contribution is 2.38. The first kappa shape index (κ1) is 13.4. The van der Waals surface area contributed by atoms with Gasteiger partial charge in [0.25, 0.3) is 0 Å². The lowest BCUT2D eigenvalue weighted by molar-refractivity contribution is 0.359. The van der Waals surface area contributed by atoms with Crippen molar-refractivity contribution in [2.24, 2.45) is 0 Å². The van der Waals surface area contributed by atoms with Crippen molar-refractivity contribution >= 4 is 11.8 Å². The van der Waals surface area contributed by atoms with E-state index >= 15 is 0 Å². The summed E-state index contributed by atoms with van der Waals surface area (Å²) in [7, 11) is 0. The van der Waals surface area contributed by atoms with Crippen molar-refractivity contribution in [3.63, 3.8) is 0 Å². The van der Waals surface area contributed by atoms with Gasteiger partial charge in [-0.3, -0.25) is 0 Å². The molecule has 2 saturated carbocycles. The Kier molecular flexibility index (Phi) is 4.43. The molecule has 2 atom stereocenters. The van der Waals surface area contributed by atoms with Crippen LogP contribution in [0.2, 0.25) is 0 Å². The number of aromatic nitrogens is 2. The molecule has 1 aromatic rings. The van der Waals surface area contributed by atoms with Crippen molar-refractivity contribution in [2.45, 2.75) is 69.2 Å². The molecule has 0 saturated heterocycles. The third-order valence-electron chi connectivity index (χ3n) is 4.02. The van der Waals surface area contributed by atoms with Gasteiger partial charge >= 0.3 is 0 Å². The predicted molar refractivity (Wildman–Crippen MR) is 77.3 cm³/mol. The number of thioether (sulfide) groups is 1. The molecular weight excluding hydrogens is 258 g/mol. The first-order chi connectivity index (χ1) is 9.36. The summed E-state index contributed by atoms with van der Waals surface area (Å²) in [5, 5.41) is 8.47. The standard InChI is InChI=1S/C14H23N3OS/c1-2-19-12-6-4-3-5-11(12)15-9-13-16-14(18-17-13)10-7-8-10/h10-12,15H,2-9H2,1H3/t11-,12-/m1/s1. The Morgan fingerprint density at radius 2 is 2.11 bits per heavy atom. The molecule has 0 aliphatic heterocycles. The summed E-state index contributed by atoms with van der Waals surface area (Å²) in [5.74, 6) is 3.43. The van der Waals surface area contributed by atoms with Gasteiger partial charge in [-0.25, -0.2) is 0 Å². The zero-order valence-corrected chi connectivity index (χ0v) is 12.4. The highest BCUT2D eigenvalue weighted by atomic mass is 32.2. The van der Waals surface area contributed by atoms with Crippen molar-refractivity contribution in [1.82, 2.24) is 15.5 Å². The van der Waals surface area contributed by atoms with E-state index in [0.717, 1.165) is 23.5 Å². The van der Waals surface area contributed by atoms with Gasteiger partial charge in [0.2, 0.25) is 5.89 Å². The van der Waals surface area contributed by atoms with Crippen molar-refractivity contribution in [1.29, 1.82) is 0 Å². The first-order valence-electron chi connectivity index (χ1n) is 7.54. The van der Waals surface area contributed by atoms with E-state index in [4.69, 9.17) is 4.52 Å². The quantitative estimate of drug-likeness (QED) is 0.868. The van der Waals surface area contributed by atoms with E-state index in [1.807, 2.05) is 0 Å². The maximum absolute atomic E-state index is 5.30. The fraction of sp³-hybridized carbons (Fsp3) is 0.857.